The standard InChI is InChI=1S/C27H28N4O4/c1-33-23-15-22(16-24(34-2)26(23)35-3)29-27(32)19-9-7-8-18(14-19)12-13-21-17-25(31-30-21)28-20-10-5-4-6-11-20/h4-11,14-17H,12-13H2,1-3H3,(H,29,32)(H2,28,30,31). The number of anilines is 3. The van der Waals surface area contributed by atoms with Crippen LogP contribution >= 0.6 is 0 Å². The molecule has 4 rings (SSSR count). The second kappa shape index (κ2) is 11.1. The number of nitrogens with zero attached hydrogens (tertiary/aromatic N) is 1. The smallest absolute Gasteiger partial charge is 0.255 e. The summed E-state index contributed by atoms with van der Waals surface area (Å²) in [5, 5.41) is 13.6. The maximum absolute atomic E-state index is 12.9. The Hall–Kier alpha value is -4.46. The summed E-state index contributed by atoms with van der Waals surface area (Å²) in [6.45, 7) is 0. The van der Waals surface area contributed by atoms with Gasteiger partial charge in [-0.25, -0.2) is 0 Å². The molecule has 0 unspecified atom stereocenters. The molecule has 0 saturated heterocycles. The normalized spacial score (nSPS) is 10.5. The number of ether oxygens (including phenoxy) is 3. The van der Waals surface area contributed by atoms with Crippen LogP contribution in [0, 0.1) is 0 Å². The summed E-state index contributed by atoms with van der Waals surface area (Å²) in [5.41, 5.74) is 4.15. The lowest BCUT2D eigenvalue weighted by Crippen LogP contribution is -2.12. The van der Waals surface area contributed by atoms with Crippen molar-refractivity contribution in [2.24, 2.45) is 0 Å². The predicted octanol–water partition coefficient (Wildman–Crippen LogP) is 5.22. The van der Waals surface area contributed by atoms with Crippen molar-refractivity contribution in [2.75, 3.05) is 32.0 Å². The molecule has 0 radical (unpaired) electrons. The fourth-order valence-corrected chi connectivity index (χ4v) is 3.73. The van der Waals surface area contributed by atoms with E-state index in [0.29, 0.717) is 28.5 Å². The van der Waals surface area contributed by atoms with Crippen molar-refractivity contribution >= 4 is 23.1 Å². The van der Waals surface area contributed by atoms with Gasteiger partial charge in [0.1, 0.15) is 0 Å². The zero-order valence-corrected chi connectivity index (χ0v) is 19.9. The van der Waals surface area contributed by atoms with Gasteiger partial charge in [-0.3, -0.25) is 9.89 Å². The minimum Gasteiger partial charge on any atom is -0.493 e. The molecule has 0 aliphatic carbocycles. The van der Waals surface area contributed by atoms with Crippen LogP contribution in [0.4, 0.5) is 17.2 Å². The van der Waals surface area contributed by atoms with E-state index >= 15 is 0 Å². The number of aromatic amines is 1. The molecule has 4 aromatic rings. The number of hydrogen-bond acceptors (Lipinski definition) is 6. The fourth-order valence-electron chi connectivity index (χ4n) is 3.73. The van der Waals surface area contributed by atoms with Crippen molar-refractivity contribution in [2.45, 2.75) is 12.8 Å². The second-order valence-corrected chi connectivity index (χ2v) is 7.84. The molecule has 0 aliphatic rings. The molecule has 0 atom stereocenters. The quantitative estimate of drug-likeness (QED) is 0.293. The summed E-state index contributed by atoms with van der Waals surface area (Å²) < 4.78 is 16.1. The van der Waals surface area contributed by atoms with Gasteiger partial charge < -0.3 is 24.8 Å². The summed E-state index contributed by atoms with van der Waals surface area (Å²) in [6, 6.07) is 22.9. The minimum atomic E-state index is -0.225. The summed E-state index contributed by atoms with van der Waals surface area (Å²) >= 11 is 0. The second-order valence-electron chi connectivity index (χ2n) is 7.84. The minimum absolute atomic E-state index is 0.225. The highest BCUT2D eigenvalue weighted by molar-refractivity contribution is 6.04. The molecule has 0 aliphatic heterocycles. The third-order valence-corrected chi connectivity index (χ3v) is 5.47. The first-order chi connectivity index (χ1) is 17.1. The van der Waals surface area contributed by atoms with E-state index in [1.165, 1.54) is 21.3 Å². The van der Waals surface area contributed by atoms with Crippen molar-refractivity contribution in [3.8, 4) is 17.2 Å². The van der Waals surface area contributed by atoms with Crippen LogP contribution in [0.15, 0.2) is 72.8 Å². The average Bonchev–Trinajstić information content (AvgIpc) is 3.34. The molecular formula is C27H28N4O4. The molecule has 35 heavy (non-hydrogen) atoms. The number of rotatable bonds is 10. The molecule has 0 saturated carbocycles. The first-order valence-corrected chi connectivity index (χ1v) is 11.2. The van der Waals surface area contributed by atoms with Crippen LogP contribution < -0.4 is 24.8 Å². The number of carbonyl (C=O) groups excluding carboxylic acids is 1. The fraction of sp³-hybridized carbons (Fsp3) is 0.185. The van der Waals surface area contributed by atoms with Crippen LogP contribution in [-0.2, 0) is 12.8 Å². The molecule has 8 heteroatoms. The molecule has 1 aromatic heterocycles. The Labute approximate surface area is 204 Å². The van der Waals surface area contributed by atoms with E-state index in [2.05, 4.69) is 20.8 Å². The van der Waals surface area contributed by atoms with Crippen molar-refractivity contribution < 1.29 is 19.0 Å². The summed E-state index contributed by atoms with van der Waals surface area (Å²) in [5.74, 6) is 1.95. The van der Waals surface area contributed by atoms with Crippen LogP contribution in [-0.4, -0.2) is 37.4 Å². The Balaban J connectivity index is 1.40. The lowest BCUT2D eigenvalue weighted by atomic mass is 10.0. The van der Waals surface area contributed by atoms with E-state index < -0.39 is 0 Å². The number of para-hydroxylation sites is 1. The van der Waals surface area contributed by atoms with Crippen molar-refractivity contribution in [1.29, 1.82) is 0 Å². The number of methoxy groups -OCH3 is 3. The van der Waals surface area contributed by atoms with E-state index in [1.807, 2.05) is 54.6 Å². The number of hydrogen-bond donors (Lipinski definition) is 3. The van der Waals surface area contributed by atoms with Crippen LogP contribution in [0.2, 0.25) is 0 Å². The van der Waals surface area contributed by atoms with Gasteiger partial charge in [0.05, 0.1) is 21.3 Å². The lowest BCUT2D eigenvalue weighted by molar-refractivity contribution is 0.102. The molecule has 0 bridgehead atoms. The number of benzene rings is 3. The summed E-state index contributed by atoms with van der Waals surface area (Å²) in [6.07, 6.45) is 1.53. The van der Waals surface area contributed by atoms with Crippen molar-refractivity contribution in [3.63, 3.8) is 0 Å². The third-order valence-electron chi connectivity index (χ3n) is 5.47. The highest BCUT2D eigenvalue weighted by Crippen LogP contribution is 2.40. The highest BCUT2D eigenvalue weighted by Gasteiger charge is 2.15. The van der Waals surface area contributed by atoms with Gasteiger partial charge in [0, 0.05) is 40.8 Å². The highest BCUT2D eigenvalue weighted by atomic mass is 16.5. The van der Waals surface area contributed by atoms with E-state index in [1.54, 1.807) is 18.2 Å². The first kappa shape index (κ1) is 23.7. The Morgan fingerprint density at radius 3 is 2.26 bits per heavy atom. The topological polar surface area (TPSA) is 97.5 Å². The van der Waals surface area contributed by atoms with Crippen molar-refractivity contribution in [1.82, 2.24) is 10.2 Å². The maximum atomic E-state index is 12.9. The van der Waals surface area contributed by atoms with E-state index in [0.717, 1.165) is 35.6 Å². The molecule has 0 spiro atoms. The van der Waals surface area contributed by atoms with Gasteiger partial charge in [0.25, 0.3) is 5.91 Å². The Morgan fingerprint density at radius 2 is 1.57 bits per heavy atom. The van der Waals surface area contributed by atoms with Gasteiger partial charge >= 0.3 is 0 Å². The number of H-pyrrole nitrogens is 1. The van der Waals surface area contributed by atoms with Gasteiger partial charge in [-0.1, -0.05) is 30.3 Å². The van der Waals surface area contributed by atoms with Crippen LogP contribution in [0.1, 0.15) is 21.6 Å². The average molecular weight is 473 g/mol. The predicted molar refractivity (Wildman–Crippen MR) is 136 cm³/mol. The summed E-state index contributed by atoms with van der Waals surface area (Å²) in [7, 11) is 4.60. The number of aromatic nitrogens is 2. The van der Waals surface area contributed by atoms with Crippen LogP contribution in [0.5, 0.6) is 17.2 Å². The van der Waals surface area contributed by atoms with Crippen LogP contribution in [0.25, 0.3) is 0 Å². The van der Waals surface area contributed by atoms with Crippen molar-refractivity contribution in [3.05, 3.63) is 89.6 Å². The molecule has 0 fully saturated rings. The van der Waals surface area contributed by atoms with Gasteiger partial charge in [-0.15, -0.1) is 0 Å². The van der Waals surface area contributed by atoms with E-state index in [9.17, 15) is 4.79 Å². The third kappa shape index (κ3) is 5.92. The van der Waals surface area contributed by atoms with E-state index in [-0.39, 0.29) is 5.91 Å². The molecule has 3 N–H and O–H groups in total. The first-order valence-electron chi connectivity index (χ1n) is 11.2. The van der Waals surface area contributed by atoms with E-state index in [4.69, 9.17) is 14.2 Å². The molecule has 180 valence electrons. The zero-order valence-electron chi connectivity index (χ0n) is 19.9. The Bertz CT molecular complexity index is 1260. The maximum Gasteiger partial charge on any atom is 0.255 e. The monoisotopic (exact) mass is 472 g/mol. The number of carbonyl (C=O) groups is 1. The van der Waals surface area contributed by atoms with Gasteiger partial charge in [0.2, 0.25) is 5.75 Å². The van der Waals surface area contributed by atoms with Gasteiger partial charge in [-0.05, 0) is 42.7 Å². The van der Waals surface area contributed by atoms with Gasteiger partial charge in [0.15, 0.2) is 17.3 Å². The number of aryl methyl sites for hydroxylation is 2. The largest absolute Gasteiger partial charge is 0.493 e. The molecule has 8 nitrogen and oxygen atoms in total. The summed E-state index contributed by atoms with van der Waals surface area (Å²) in [4.78, 5) is 12.9. The lowest BCUT2D eigenvalue weighted by Gasteiger charge is -2.14. The molecule has 1 heterocycles. The number of nitrogens with one attached hydrogen (secondary N) is 3. The Morgan fingerprint density at radius 1 is 0.829 bits per heavy atom. The number of amides is 1. The molecule has 3 aromatic carbocycles. The molecule has 1 amide bonds. The SMILES string of the molecule is COc1cc(NC(=O)c2cccc(CCc3cc(Nc4ccccc4)n[nH]3)c2)cc(OC)c1OC. The van der Waals surface area contributed by atoms with Crippen LogP contribution in [0.3, 0.4) is 0 Å². The molecular weight excluding hydrogens is 444 g/mol. The Kier molecular flexibility index (Phi) is 7.52. The zero-order chi connectivity index (χ0) is 24.6. The van der Waals surface area contributed by atoms with Gasteiger partial charge in [-0.2, -0.15) is 5.10 Å².